The van der Waals surface area contributed by atoms with E-state index in [-0.39, 0.29) is 11.1 Å². The molecule has 0 radical (unpaired) electrons. The van der Waals surface area contributed by atoms with Crippen molar-refractivity contribution in [1.29, 1.82) is 0 Å². The SMILES string of the molecule is Cc1c(C(=O)O)c2ccccc2c(=O)n1CCC(C)C. The molecule has 0 aliphatic heterocycles. The number of carboxylic acid groups (broad SMARTS) is 1. The maximum atomic E-state index is 12.5. The van der Waals surface area contributed by atoms with Crippen molar-refractivity contribution in [1.82, 2.24) is 4.57 Å². The topological polar surface area (TPSA) is 59.3 Å². The molecule has 1 N–H and O–H groups in total. The van der Waals surface area contributed by atoms with Crippen LogP contribution in [0.4, 0.5) is 0 Å². The minimum Gasteiger partial charge on any atom is -0.478 e. The molecular formula is C16H19NO3. The average Bonchev–Trinajstić information content (AvgIpc) is 2.38. The summed E-state index contributed by atoms with van der Waals surface area (Å²) in [6.45, 7) is 6.42. The Balaban J connectivity index is 2.75. The first-order valence-corrected chi connectivity index (χ1v) is 6.79. The summed E-state index contributed by atoms with van der Waals surface area (Å²) in [4.78, 5) is 24.0. The highest BCUT2D eigenvalue weighted by Gasteiger charge is 2.18. The van der Waals surface area contributed by atoms with Crippen molar-refractivity contribution >= 4 is 16.7 Å². The van der Waals surface area contributed by atoms with E-state index in [0.717, 1.165) is 6.42 Å². The zero-order chi connectivity index (χ0) is 14.9. The van der Waals surface area contributed by atoms with Crippen molar-refractivity contribution in [2.45, 2.75) is 33.7 Å². The monoisotopic (exact) mass is 273 g/mol. The highest BCUT2D eigenvalue weighted by molar-refractivity contribution is 6.04. The lowest BCUT2D eigenvalue weighted by molar-refractivity contribution is 0.0697. The van der Waals surface area contributed by atoms with Crippen LogP contribution >= 0.6 is 0 Å². The first-order chi connectivity index (χ1) is 9.43. The summed E-state index contributed by atoms with van der Waals surface area (Å²) < 4.78 is 1.59. The van der Waals surface area contributed by atoms with Gasteiger partial charge < -0.3 is 9.67 Å². The molecule has 0 fully saturated rings. The smallest absolute Gasteiger partial charge is 0.338 e. The van der Waals surface area contributed by atoms with Crippen LogP contribution in [0, 0.1) is 12.8 Å². The van der Waals surface area contributed by atoms with Crippen LogP contribution < -0.4 is 5.56 Å². The van der Waals surface area contributed by atoms with Gasteiger partial charge in [-0.2, -0.15) is 0 Å². The van der Waals surface area contributed by atoms with Crippen LogP contribution in [-0.2, 0) is 6.54 Å². The van der Waals surface area contributed by atoms with Gasteiger partial charge in [0.1, 0.15) is 0 Å². The van der Waals surface area contributed by atoms with E-state index >= 15 is 0 Å². The number of carbonyl (C=O) groups is 1. The highest BCUT2D eigenvalue weighted by atomic mass is 16.4. The molecule has 0 aliphatic rings. The second-order valence-electron chi connectivity index (χ2n) is 5.45. The van der Waals surface area contributed by atoms with E-state index in [9.17, 15) is 14.7 Å². The van der Waals surface area contributed by atoms with Gasteiger partial charge in [0.15, 0.2) is 0 Å². The van der Waals surface area contributed by atoms with Gasteiger partial charge in [-0.25, -0.2) is 4.79 Å². The van der Waals surface area contributed by atoms with E-state index in [1.807, 2.05) is 0 Å². The second kappa shape index (κ2) is 5.49. The molecule has 0 unspecified atom stereocenters. The Bertz CT molecular complexity index is 713. The molecule has 4 nitrogen and oxygen atoms in total. The van der Waals surface area contributed by atoms with Crippen molar-refractivity contribution in [3.63, 3.8) is 0 Å². The number of rotatable bonds is 4. The number of pyridine rings is 1. The largest absolute Gasteiger partial charge is 0.478 e. The van der Waals surface area contributed by atoms with Gasteiger partial charge in [-0.1, -0.05) is 32.0 Å². The van der Waals surface area contributed by atoms with Crippen molar-refractivity contribution in [3.05, 3.63) is 45.9 Å². The molecule has 20 heavy (non-hydrogen) atoms. The highest BCUT2D eigenvalue weighted by Crippen LogP contribution is 2.20. The molecule has 0 spiro atoms. The molecular weight excluding hydrogens is 254 g/mol. The Morgan fingerprint density at radius 3 is 2.40 bits per heavy atom. The fourth-order valence-electron chi connectivity index (χ4n) is 2.44. The Morgan fingerprint density at radius 1 is 1.25 bits per heavy atom. The number of nitrogens with zero attached hydrogens (tertiary/aromatic N) is 1. The van der Waals surface area contributed by atoms with Crippen LogP contribution in [0.3, 0.4) is 0 Å². The molecule has 0 amide bonds. The number of fused-ring (bicyclic) bond motifs is 1. The van der Waals surface area contributed by atoms with Gasteiger partial charge in [0.2, 0.25) is 0 Å². The number of aromatic nitrogens is 1. The zero-order valence-electron chi connectivity index (χ0n) is 12.0. The molecule has 0 saturated heterocycles. The van der Waals surface area contributed by atoms with Gasteiger partial charge in [0, 0.05) is 23.0 Å². The summed E-state index contributed by atoms with van der Waals surface area (Å²) in [5, 5.41) is 10.4. The van der Waals surface area contributed by atoms with E-state index in [4.69, 9.17) is 0 Å². The third kappa shape index (κ3) is 2.46. The third-order valence-electron chi connectivity index (χ3n) is 3.58. The van der Waals surface area contributed by atoms with E-state index in [1.165, 1.54) is 0 Å². The molecule has 106 valence electrons. The van der Waals surface area contributed by atoms with Crippen molar-refractivity contribution in [3.8, 4) is 0 Å². The second-order valence-corrected chi connectivity index (χ2v) is 5.45. The van der Waals surface area contributed by atoms with Gasteiger partial charge in [0.25, 0.3) is 5.56 Å². The lowest BCUT2D eigenvalue weighted by atomic mass is 10.0. The summed E-state index contributed by atoms with van der Waals surface area (Å²) in [6.07, 6.45) is 0.845. The summed E-state index contributed by atoms with van der Waals surface area (Å²) >= 11 is 0. The normalized spacial score (nSPS) is 11.2. The van der Waals surface area contributed by atoms with Gasteiger partial charge in [-0.15, -0.1) is 0 Å². The fourth-order valence-corrected chi connectivity index (χ4v) is 2.44. The van der Waals surface area contributed by atoms with E-state index in [2.05, 4.69) is 13.8 Å². The zero-order valence-corrected chi connectivity index (χ0v) is 12.0. The number of benzene rings is 1. The molecule has 1 aromatic carbocycles. The predicted molar refractivity (Wildman–Crippen MR) is 79.4 cm³/mol. The molecule has 2 aromatic rings. The summed E-state index contributed by atoms with van der Waals surface area (Å²) in [6, 6.07) is 6.90. The van der Waals surface area contributed by atoms with Crippen molar-refractivity contribution < 1.29 is 9.90 Å². The van der Waals surface area contributed by atoms with E-state index in [1.54, 1.807) is 35.8 Å². The number of aromatic carboxylic acids is 1. The molecule has 0 saturated carbocycles. The maximum absolute atomic E-state index is 12.5. The fraction of sp³-hybridized carbons (Fsp3) is 0.375. The minimum absolute atomic E-state index is 0.108. The van der Waals surface area contributed by atoms with Gasteiger partial charge >= 0.3 is 5.97 Å². The first-order valence-electron chi connectivity index (χ1n) is 6.79. The molecule has 1 aromatic heterocycles. The summed E-state index contributed by atoms with van der Waals surface area (Å²) in [5.74, 6) is -0.530. The summed E-state index contributed by atoms with van der Waals surface area (Å²) in [7, 11) is 0. The average molecular weight is 273 g/mol. The summed E-state index contributed by atoms with van der Waals surface area (Å²) in [5.41, 5.74) is 0.648. The standard InChI is InChI=1S/C16H19NO3/c1-10(2)8-9-17-11(3)14(16(19)20)12-6-4-5-7-13(12)15(17)18/h4-7,10H,8-9H2,1-3H3,(H,19,20). The molecule has 0 atom stereocenters. The minimum atomic E-state index is -0.989. The van der Waals surface area contributed by atoms with Gasteiger partial charge in [-0.3, -0.25) is 4.79 Å². The Hall–Kier alpha value is -2.10. The van der Waals surface area contributed by atoms with Crippen molar-refractivity contribution in [2.24, 2.45) is 5.92 Å². The van der Waals surface area contributed by atoms with Gasteiger partial charge in [-0.05, 0) is 25.3 Å². The molecule has 1 heterocycles. The van der Waals surface area contributed by atoms with Crippen LogP contribution in [0.1, 0.15) is 36.3 Å². The van der Waals surface area contributed by atoms with Crippen LogP contribution in [0.25, 0.3) is 10.8 Å². The van der Waals surface area contributed by atoms with Crippen LogP contribution in [0.5, 0.6) is 0 Å². The van der Waals surface area contributed by atoms with Gasteiger partial charge in [0.05, 0.1) is 5.56 Å². The Labute approximate surface area is 117 Å². The van der Waals surface area contributed by atoms with Crippen LogP contribution in [-0.4, -0.2) is 15.6 Å². The molecule has 4 heteroatoms. The number of carboxylic acids is 1. The number of hydrogen-bond acceptors (Lipinski definition) is 2. The third-order valence-corrected chi connectivity index (χ3v) is 3.58. The van der Waals surface area contributed by atoms with Crippen LogP contribution in [0.15, 0.2) is 29.1 Å². The predicted octanol–water partition coefficient (Wildman–Crippen LogP) is 3.05. The molecule has 0 aliphatic carbocycles. The number of hydrogen-bond donors (Lipinski definition) is 1. The van der Waals surface area contributed by atoms with Crippen LogP contribution in [0.2, 0.25) is 0 Å². The Kier molecular flexibility index (Phi) is 3.93. The van der Waals surface area contributed by atoms with E-state index in [0.29, 0.717) is 28.9 Å². The molecule has 2 rings (SSSR count). The first kappa shape index (κ1) is 14.3. The quantitative estimate of drug-likeness (QED) is 0.931. The van der Waals surface area contributed by atoms with Crippen molar-refractivity contribution in [2.75, 3.05) is 0 Å². The maximum Gasteiger partial charge on any atom is 0.338 e. The Morgan fingerprint density at radius 2 is 1.85 bits per heavy atom. The molecule has 0 bridgehead atoms. The lowest BCUT2D eigenvalue weighted by Crippen LogP contribution is -2.26. The van der Waals surface area contributed by atoms with E-state index < -0.39 is 5.97 Å². The lowest BCUT2D eigenvalue weighted by Gasteiger charge is -2.16.